The molecule has 2 rings (SSSR count). The smallest absolute Gasteiger partial charge is 0.256 e. The molecular formula is C17H22ClN3O. The van der Waals surface area contributed by atoms with Crippen molar-refractivity contribution >= 4 is 17.5 Å². The summed E-state index contributed by atoms with van der Waals surface area (Å²) in [5.41, 5.74) is 2.37. The van der Waals surface area contributed by atoms with E-state index in [1.54, 1.807) is 4.68 Å². The predicted octanol–water partition coefficient (Wildman–Crippen LogP) is 3.62. The molecule has 0 radical (unpaired) electrons. The minimum atomic E-state index is -0.152. The number of unbranched alkanes of at least 4 members (excludes halogenated alkanes) is 1. The topological polar surface area (TPSA) is 46.9 Å². The van der Waals surface area contributed by atoms with Crippen LogP contribution in [0.25, 0.3) is 0 Å². The maximum absolute atomic E-state index is 12.3. The van der Waals surface area contributed by atoms with E-state index in [4.69, 9.17) is 11.6 Å². The van der Waals surface area contributed by atoms with Gasteiger partial charge in [-0.1, -0.05) is 55.3 Å². The number of aryl methyl sites for hydroxylation is 2. The summed E-state index contributed by atoms with van der Waals surface area (Å²) in [5, 5.41) is 7.71. The minimum Gasteiger partial charge on any atom is -0.352 e. The summed E-state index contributed by atoms with van der Waals surface area (Å²) in [5.74, 6) is -0.152. The molecule has 0 bridgehead atoms. The average molecular weight is 320 g/mol. The normalized spacial score (nSPS) is 10.7. The Kier molecular flexibility index (Phi) is 6.01. The van der Waals surface area contributed by atoms with Crippen molar-refractivity contribution in [3.63, 3.8) is 0 Å². The van der Waals surface area contributed by atoms with Crippen LogP contribution in [0.4, 0.5) is 0 Å². The number of aromatic nitrogens is 2. The van der Waals surface area contributed by atoms with Gasteiger partial charge in [-0.3, -0.25) is 9.48 Å². The Morgan fingerprint density at radius 3 is 2.73 bits per heavy atom. The quantitative estimate of drug-likeness (QED) is 0.847. The molecule has 0 spiro atoms. The van der Waals surface area contributed by atoms with Gasteiger partial charge in [0.25, 0.3) is 5.91 Å². The van der Waals surface area contributed by atoms with Crippen LogP contribution in [-0.4, -0.2) is 22.2 Å². The molecule has 1 N–H and O–H groups in total. The number of benzene rings is 1. The Bertz CT molecular complexity index is 622. The SMILES string of the molecule is CCCCn1nc(C)c(C(=O)NCCc2ccccc2)c1Cl. The first kappa shape index (κ1) is 16.6. The monoisotopic (exact) mass is 319 g/mol. The molecule has 0 aliphatic carbocycles. The molecule has 1 aromatic heterocycles. The van der Waals surface area contributed by atoms with Crippen molar-refractivity contribution < 1.29 is 4.79 Å². The van der Waals surface area contributed by atoms with E-state index in [9.17, 15) is 4.79 Å². The fourth-order valence-electron chi connectivity index (χ4n) is 2.32. The van der Waals surface area contributed by atoms with Crippen LogP contribution in [0.1, 0.15) is 41.4 Å². The second kappa shape index (κ2) is 7.99. The summed E-state index contributed by atoms with van der Waals surface area (Å²) < 4.78 is 1.71. The number of nitrogens with one attached hydrogen (secondary N) is 1. The lowest BCUT2D eigenvalue weighted by molar-refractivity contribution is 0.0953. The second-order valence-electron chi connectivity index (χ2n) is 5.32. The van der Waals surface area contributed by atoms with Crippen LogP contribution >= 0.6 is 11.6 Å². The fourth-order valence-corrected chi connectivity index (χ4v) is 2.67. The van der Waals surface area contributed by atoms with Crippen LogP contribution < -0.4 is 5.32 Å². The number of carbonyl (C=O) groups excluding carboxylic acids is 1. The number of nitrogens with zero attached hydrogens (tertiary/aromatic N) is 2. The van der Waals surface area contributed by atoms with Crippen molar-refractivity contribution in [1.82, 2.24) is 15.1 Å². The first-order chi connectivity index (χ1) is 10.6. The fraction of sp³-hybridized carbons (Fsp3) is 0.412. The highest BCUT2D eigenvalue weighted by Gasteiger charge is 2.19. The van der Waals surface area contributed by atoms with Gasteiger partial charge in [0.2, 0.25) is 0 Å². The molecule has 118 valence electrons. The molecule has 0 saturated carbocycles. The van der Waals surface area contributed by atoms with E-state index in [1.807, 2.05) is 37.3 Å². The number of hydrogen-bond donors (Lipinski definition) is 1. The van der Waals surface area contributed by atoms with Crippen LogP contribution in [0.5, 0.6) is 0 Å². The molecule has 0 atom stereocenters. The largest absolute Gasteiger partial charge is 0.352 e. The van der Waals surface area contributed by atoms with Gasteiger partial charge in [-0.05, 0) is 25.3 Å². The average Bonchev–Trinajstić information content (AvgIpc) is 2.80. The van der Waals surface area contributed by atoms with Gasteiger partial charge in [-0.15, -0.1) is 0 Å². The number of hydrogen-bond acceptors (Lipinski definition) is 2. The highest BCUT2D eigenvalue weighted by atomic mass is 35.5. The van der Waals surface area contributed by atoms with Gasteiger partial charge in [0.05, 0.1) is 11.3 Å². The summed E-state index contributed by atoms with van der Waals surface area (Å²) in [6.45, 7) is 5.26. The zero-order valence-electron chi connectivity index (χ0n) is 13.1. The molecule has 1 aromatic carbocycles. The van der Waals surface area contributed by atoms with E-state index in [0.717, 1.165) is 25.8 Å². The van der Waals surface area contributed by atoms with Crippen LogP contribution in [0.2, 0.25) is 5.15 Å². The Morgan fingerprint density at radius 1 is 1.32 bits per heavy atom. The number of amides is 1. The molecule has 2 aromatic rings. The zero-order valence-corrected chi connectivity index (χ0v) is 13.9. The third-order valence-corrected chi connectivity index (χ3v) is 3.94. The first-order valence-electron chi connectivity index (χ1n) is 7.68. The number of halogens is 1. The van der Waals surface area contributed by atoms with Gasteiger partial charge >= 0.3 is 0 Å². The standard InChI is InChI=1S/C17H22ClN3O/c1-3-4-12-21-16(18)15(13(2)20-21)17(22)19-11-10-14-8-6-5-7-9-14/h5-9H,3-4,10-12H2,1-2H3,(H,19,22). The molecular weight excluding hydrogens is 298 g/mol. The van der Waals surface area contributed by atoms with E-state index in [0.29, 0.717) is 23.0 Å². The molecule has 1 heterocycles. The van der Waals surface area contributed by atoms with Gasteiger partial charge in [0, 0.05) is 13.1 Å². The van der Waals surface area contributed by atoms with Crippen molar-refractivity contribution in [2.75, 3.05) is 6.54 Å². The van der Waals surface area contributed by atoms with Gasteiger partial charge in [0.15, 0.2) is 0 Å². The lowest BCUT2D eigenvalue weighted by Crippen LogP contribution is -2.26. The van der Waals surface area contributed by atoms with Crippen molar-refractivity contribution in [2.45, 2.75) is 39.7 Å². The predicted molar refractivity (Wildman–Crippen MR) is 89.4 cm³/mol. The maximum atomic E-state index is 12.3. The van der Waals surface area contributed by atoms with Gasteiger partial charge < -0.3 is 5.32 Å². The summed E-state index contributed by atoms with van der Waals surface area (Å²) in [6.07, 6.45) is 2.86. The van der Waals surface area contributed by atoms with E-state index < -0.39 is 0 Å². The second-order valence-corrected chi connectivity index (χ2v) is 5.68. The van der Waals surface area contributed by atoms with Gasteiger partial charge in [-0.2, -0.15) is 5.10 Å². The minimum absolute atomic E-state index is 0.152. The van der Waals surface area contributed by atoms with Crippen LogP contribution in [-0.2, 0) is 13.0 Å². The van der Waals surface area contributed by atoms with Crippen LogP contribution in [0.15, 0.2) is 30.3 Å². The lowest BCUT2D eigenvalue weighted by atomic mass is 10.1. The van der Waals surface area contributed by atoms with Crippen molar-refractivity contribution in [3.8, 4) is 0 Å². The van der Waals surface area contributed by atoms with Crippen LogP contribution in [0, 0.1) is 6.92 Å². The summed E-state index contributed by atoms with van der Waals surface area (Å²) in [4.78, 5) is 12.3. The number of rotatable bonds is 7. The molecule has 22 heavy (non-hydrogen) atoms. The van der Waals surface area contributed by atoms with Gasteiger partial charge in [-0.25, -0.2) is 0 Å². The molecule has 0 saturated heterocycles. The van der Waals surface area contributed by atoms with Crippen LogP contribution in [0.3, 0.4) is 0 Å². The van der Waals surface area contributed by atoms with Crippen molar-refractivity contribution in [1.29, 1.82) is 0 Å². The Hall–Kier alpha value is -1.81. The first-order valence-corrected chi connectivity index (χ1v) is 8.06. The van der Waals surface area contributed by atoms with Gasteiger partial charge in [0.1, 0.15) is 5.15 Å². The Labute approximate surface area is 136 Å². The van der Waals surface area contributed by atoms with E-state index in [2.05, 4.69) is 17.3 Å². The number of carbonyl (C=O) groups is 1. The highest BCUT2D eigenvalue weighted by molar-refractivity contribution is 6.33. The Morgan fingerprint density at radius 2 is 2.05 bits per heavy atom. The summed E-state index contributed by atoms with van der Waals surface area (Å²) in [6, 6.07) is 10.1. The molecule has 1 amide bonds. The third-order valence-electron chi connectivity index (χ3n) is 3.56. The molecule has 0 unspecified atom stereocenters. The van der Waals surface area contributed by atoms with E-state index in [-0.39, 0.29) is 5.91 Å². The van der Waals surface area contributed by atoms with E-state index in [1.165, 1.54) is 5.56 Å². The zero-order chi connectivity index (χ0) is 15.9. The molecule has 0 aliphatic rings. The summed E-state index contributed by atoms with van der Waals surface area (Å²) >= 11 is 6.30. The highest BCUT2D eigenvalue weighted by Crippen LogP contribution is 2.20. The maximum Gasteiger partial charge on any atom is 0.256 e. The van der Waals surface area contributed by atoms with Crippen molar-refractivity contribution in [3.05, 3.63) is 52.3 Å². The third kappa shape index (κ3) is 4.10. The lowest BCUT2D eigenvalue weighted by Gasteiger charge is -2.06. The molecule has 0 fully saturated rings. The Balaban J connectivity index is 1.96. The molecule has 5 heteroatoms. The van der Waals surface area contributed by atoms with E-state index >= 15 is 0 Å². The van der Waals surface area contributed by atoms with Crippen molar-refractivity contribution in [2.24, 2.45) is 0 Å². The molecule has 4 nitrogen and oxygen atoms in total. The molecule has 0 aliphatic heterocycles. The summed E-state index contributed by atoms with van der Waals surface area (Å²) in [7, 11) is 0.